The summed E-state index contributed by atoms with van der Waals surface area (Å²) in [5, 5.41) is 11.9. The van der Waals surface area contributed by atoms with E-state index in [9.17, 15) is 9.59 Å². The molecule has 0 bridgehead atoms. The van der Waals surface area contributed by atoms with Gasteiger partial charge in [0.05, 0.1) is 5.41 Å². The summed E-state index contributed by atoms with van der Waals surface area (Å²) in [4.78, 5) is 22.8. The maximum absolute atomic E-state index is 11.9. The first kappa shape index (κ1) is 16.0. The number of amides is 1. The van der Waals surface area contributed by atoms with Crippen molar-refractivity contribution >= 4 is 11.9 Å². The lowest BCUT2D eigenvalue weighted by atomic mass is 9.77. The molecule has 0 radical (unpaired) electrons. The fourth-order valence-electron chi connectivity index (χ4n) is 2.72. The van der Waals surface area contributed by atoms with Gasteiger partial charge in [0.15, 0.2) is 0 Å². The van der Waals surface area contributed by atoms with Crippen LogP contribution in [-0.4, -0.2) is 23.5 Å². The van der Waals surface area contributed by atoms with Crippen LogP contribution in [0.15, 0.2) is 0 Å². The summed E-state index contributed by atoms with van der Waals surface area (Å²) in [7, 11) is 0. The van der Waals surface area contributed by atoms with E-state index in [0.29, 0.717) is 12.5 Å². The van der Waals surface area contributed by atoms with E-state index in [1.54, 1.807) is 13.8 Å². The number of rotatable bonds is 6. The SMILES string of the molecule is CC(C)(CC(=O)NCC(C)(C)C1CCCC1)C(=O)O. The zero-order chi connectivity index (χ0) is 14.7. The van der Waals surface area contributed by atoms with Crippen LogP contribution in [0.5, 0.6) is 0 Å². The van der Waals surface area contributed by atoms with Gasteiger partial charge in [0.1, 0.15) is 0 Å². The first-order valence-corrected chi connectivity index (χ1v) is 7.15. The van der Waals surface area contributed by atoms with Crippen LogP contribution in [0.3, 0.4) is 0 Å². The molecule has 0 heterocycles. The van der Waals surface area contributed by atoms with Gasteiger partial charge in [-0.1, -0.05) is 26.7 Å². The summed E-state index contributed by atoms with van der Waals surface area (Å²) in [6, 6.07) is 0. The Bertz CT molecular complexity index is 341. The third-order valence-electron chi connectivity index (χ3n) is 4.38. The highest BCUT2D eigenvalue weighted by Gasteiger charge is 2.34. The second-order valence-electron chi connectivity index (χ2n) is 7.11. The van der Waals surface area contributed by atoms with Crippen LogP contribution in [-0.2, 0) is 9.59 Å². The summed E-state index contributed by atoms with van der Waals surface area (Å²) in [6.45, 7) is 8.16. The molecule has 0 aromatic carbocycles. The van der Waals surface area contributed by atoms with Gasteiger partial charge < -0.3 is 10.4 Å². The minimum absolute atomic E-state index is 0.0308. The maximum atomic E-state index is 11.9. The van der Waals surface area contributed by atoms with Gasteiger partial charge in [-0.15, -0.1) is 0 Å². The number of carboxylic acids is 1. The molecule has 2 N–H and O–H groups in total. The molecule has 0 saturated heterocycles. The highest BCUT2D eigenvalue weighted by Crippen LogP contribution is 2.39. The highest BCUT2D eigenvalue weighted by molar-refractivity contribution is 5.84. The molecular formula is C15H27NO3. The van der Waals surface area contributed by atoms with Gasteiger partial charge in [-0.25, -0.2) is 0 Å². The van der Waals surface area contributed by atoms with Crippen molar-refractivity contribution in [2.45, 2.75) is 59.8 Å². The van der Waals surface area contributed by atoms with Gasteiger partial charge >= 0.3 is 5.97 Å². The van der Waals surface area contributed by atoms with Gasteiger partial charge in [0, 0.05) is 13.0 Å². The summed E-state index contributed by atoms with van der Waals surface area (Å²) in [5.41, 5.74) is -0.902. The first-order chi connectivity index (χ1) is 8.65. The van der Waals surface area contributed by atoms with E-state index in [2.05, 4.69) is 19.2 Å². The zero-order valence-electron chi connectivity index (χ0n) is 12.6. The Labute approximate surface area is 116 Å². The summed E-state index contributed by atoms with van der Waals surface area (Å²) in [5.74, 6) is -0.434. The Morgan fingerprint density at radius 2 is 1.68 bits per heavy atom. The van der Waals surface area contributed by atoms with Crippen molar-refractivity contribution in [3.63, 3.8) is 0 Å². The molecule has 1 amide bonds. The Balaban J connectivity index is 2.43. The lowest BCUT2D eigenvalue weighted by Gasteiger charge is -2.32. The molecule has 0 spiro atoms. The summed E-state index contributed by atoms with van der Waals surface area (Å²) >= 11 is 0. The quantitative estimate of drug-likeness (QED) is 0.779. The zero-order valence-corrected chi connectivity index (χ0v) is 12.6. The minimum atomic E-state index is -0.998. The van der Waals surface area contributed by atoms with E-state index in [-0.39, 0.29) is 17.7 Å². The average molecular weight is 269 g/mol. The molecule has 1 aliphatic rings. The van der Waals surface area contributed by atoms with Crippen LogP contribution in [0.2, 0.25) is 0 Å². The number of hydrogen-bond acceptors (Lipinski definition) is 2. The van der Waals surface area contributed by atoms with E-state index in [1.807, 2.05) is 0 Å². The molecule has 1 fully saturated rings. The van der Waals surface area contributed by atoms with Crippen LogP contribution in [0.1, 0.15) is 59.8 Å². The van der Waals surface area contributed by atoms with Crippen molar-refractivity contribution in [2.75, 3.05) is 6.54 Å². The average Bonchev–Trinajstić information content (AvgIpc) is 2.79. The number of nitrogens with one attached hydrogen (secondary N) is 1. The van der Waals surface area contributed by atoms with E-state index >= 15 is 0 Å². The van der Waals surface area contributed by atoms with E-state index in [0.717, 1.165) is 0 Å². The molecule has 1 rings (SSSR count). The molecule has 0 unspecified atom stereocenters. The van der Waals surface area contributed by atoms with E-state index in [4.69, 9.17) is 5.11 Å². The normalized spacial score (nSPS) is 17.5. The molecule has 1 saturated carbocycles. The Morgan fingerprint density at radius 1 is 1.16 bits per heavy atom. The summed E-state index contributed by atoms with van der Waals surface area (Å²) < 4.78 is 0. The van der Waals surface area contributed by atoms with Crippen LogP contribution in [0, 0.1) is 16.7 Å². The van der Waals surface area contributed by atoms with Crippen molar-refractivity contribution < 1.29 is 14.7 Å². The molecule has 0 atom stereocenters. The van der Waals surface area contributed by atoms with Gasteiger partial charge in [0.2, 0.25) is 5.91 Å². The molecular weight excluding hydrogens is 242 g/mol. The largest absolute Gasteiger partial charge is 0.481 e. The Kier molecular flexibility index (Phi) is 4.99. The lowest BCUT2D eigenvalue weighted by molar-refractivity contribution is -0.149. The number of carbonyl (C=O) groups excluding carboxylic acids is 1. The fraction of sp³-hybridized carbons (Fsp3) is 0.867. The fourth-order valence-corrected chi connectivity index (χ4v) is 2.72. The number of carbonyl (C=O) groups is 2. The monoisotopic (exact) mass is 269 g/mol. The molecule has 19 heavy (non-hydrogen) atoms. The number of hydrogen-bond donors (Lipinski definition) is 2. The van der Waals surface area contributed by atoms with Crippen LogP contribution >= 0.6 is 0 Å². The molecule has 1 aliphatic carbocycles. The van der Waals surface area contributed by atoms with Gasteiger partial charge in [0.25, 0.3) is 0 Å². The Morgan fingerprint density at radius 3 is 2.16 bits per heavy atom. The van der Waals surface area contributed by atoms with E-state index < -0.39 is 11.4 Å². The molecule has 0 aromatic rings. The predicted octanol–water partition coefficient (Wildman–Crippen LogP) is 2.82. The standard InChI is InChI=1S/C15H27NO3/c1-14(2,13(18)19)9-12(17)16-10-15(3,4)11-7-5-6-8-11/h11H,5-10H2,1-4H3,(H,16,17)(H,18,19). The van der Waals surface area contributed by atoms with Crippen molar-refractivity contribution in [1.82, 2.24) is 5.32 Å². The topological polar surface area (TPSA) is 66.4 Å². The summed E-state index contributed by atoms with van der Waals surface area (Å²) in [6.07, 6.45) is 5.08. The number of carboxylic acid groups (broad SMARTS) is 1. The Hall–Kier alpha value is -1.06. The van der Waals surface area contributed by atoms with Crippen molar-refractivity contribution in [2.24, 2.45) is 16.7 Å². The molecule has 4 heteroatoms. The third kappa shape index (κ3) is 4.51. The van der Waals surface area contributed by atoms with Gasteiger partial charge in [-0.05, 0) is 38.0 Å². The second-order valence-corrected chi connectivity index (χ2v) is 7.11. The van der Waals surface area contributed by atoms with Gasteiger partial charge in [-0.2, -0.15) is 0 Å². The first-order valence-electron chi connectivity index (χ1n) is 7.15. The molecule has 0 aromatic heterocycles. The molecule has 110 valence electrons. The lowest BCUT2D eigenvalue weighted by Crippen LogP contribution is -2.40. The third-order valence-corrected chi connectivity index (χ3v) is 4.38. The van der Waals surface area contributed by atoms with Crippen molar-refractivity contribution in [1.29, 1.82) is 0 Å². The molecule has 4 nitrogen and oxygen atoms in total. The second kappa shape index (κ2) is 5.93. The smallest absolute Gasteiger partial charge is 0.309 e. The molecule has 0 aliphatic heterocycles. The minimum Gasteiger partial charge on any atom is -0.481 e. The van der Waals surface area contributed by atoms with E-state index in [1.165, 1.54) is 25.7 Å². The maximum Gasteiger partial charge on any atom is 0.309 e. The van der Waals surface area contributed by atoms with Crippen LogP contribution < -0.4 is 5.32 Å². The van der Waals surface area contributed by atoms with Crippen LogP contribution in [0.25, 0.3) is 0 Å². The van der Waals surface area contributed by atoms with Crippen molar-refractivity contribution in [3.8, 4) is 0 Å². The predicted molar refractivity (Wildman–Crippen MR) is 74.8 cm³/mol. The van der Waals surface area contributed by atoms with Gasteiger partial charge in [-0.3, -0.25) is 9.59 Å². The highest BCUT2D eigenvalue weighted by atomic mass is 16.4. The van der Waals surface area contributed by atoms with Crippen LogP contribution in [0.4, 0.5) is 0 Å². The number of aliphatic carboxylic acids is 1. The van der Waals surface area contributed by atoms with Crippen molar-refractivity contribution in [3.05, 3.63) is 0 Å².